The molecule has 0 atom stereocenters. The maximum absolute atomic E-state index is 4.89. The van der Waals surface area contributed by atoms with Crippen molar-refractivity contribution in [3.05, 3.63) is 85.2 Å². The predicted molar refractivity (Wildman–Crippen MR) is 110 cm³/mol. The second kappa shape index (κ2) is 7.38. The Bertz CT molecular complexity index is 1040. The van der Waals surface area contributed by atoms with E-state index < -0.39 is 0 Å². The second-order valence-electron chi connectivity index (χ2n) is 6.47. The molecule has 0 radical (unpaired) electrons. The van der Waals surface area contributed by atoms with Crippen molar-refractivity contribution in [2.45, 2.75) is 0 Å². The van der Waals surface area contributed by atoms with Gasteiger partial charge in [0.05, 0.1) is 22.8 Å². The van der Waals surface area contributed by atoms with Crippen molar-refractivity contribution in [2.75, 3.05) is 19.0 Å². The van der Waals surface area contributed by atoms with E-state index in [1.165, 1.54) is 0 Å². The molecule has 4 aromatic rings. The second-order valence-corrected chi connectivity index (χ2v) is 6.47. The lowest BCUT2D eigenvalue weighted by Gasteiger charge is -2.16. The van der Waals surface area contributed by atoms with Crippen LogP contribution in [0.2, 0.25) is 0 Å². The van der Waals surface area contributed by atoms with Gasteiger partial charge in [0.15, 0.2) is 0 Å². The molecule has 3 aromatic heterocycles. The fourth-order valence-corrected chi connectivity index (χ4v) is 3.00. The summed E-state index contributed by atoms with van der Waals surface area (Å²) in [6, 6.07) is 24.3. The smallest absolute Gasteiger partial charge is 0.0965 e. The van der Waals surface area contributed by atoms with Gasteiger partial charge in [-0.05, 0) is 35.9 Å². The molecular weight excluding hydrogens is 332 g/mol. The molecule has 0 unspecified atom stereocenters. The number of rotatable bonds is 4. The lowest BCUT2D eigenvalue weighted by molar-refractivity contribution is 1.11. The van der Waals surface area contributed by atoms with Gasteiger partial charge in [-0.2, -0.15) is 0 Å². The number of aromatic nitrogens is 3. The fraction of sp³-hybridized carbons (Fsp3) is 0.0870. The summed E-state index contributed by atoms with van der Waals surface area (Å²) in [4.78, 5) is 16.1. The van der Waals surface area contributed by atoms with Gasteiger partial charge in [0, 0.05) is 37.7 Å². The van der Waals surface area contributed by atoms with E-state index in [-0.39, 0.29) is 0 Å². The Hall–Kier alpha value is -3.53. The van der Waals surface area contributed by atoms with Gasteiger partial charge >= 0.3 is 0 Å². The van der Waals surface area contributed by atoms with Crippen molar-refractivity contribution in [1.29, 1.82) is 0 Å². The van der Waals surface area contributed by atoms with Crippen LogP contribution in [-0.2, 0) is 0 Å². The van der Waals surface area contributed by atoms with Crippen LogP contribution in [0.4, 0.5) is 5.69 Å². The van der Waals surface area contributed by atoms with Crippen LogP contribution in [0, 0.1) is 0 Å². The molecule has 132 valence electrons. The van der Waals surface area contributed by atoms with Gasteiger partial charge in [0.1, 0.15) is 0 Å². The zero-order chi connectivity index (χ0) is 18.6. The Balaban J connectivity index is 1.91. The van der Waals surface area contributed by atoms with Crippen LogP contribution in [0.25, 0.3) is 33.9 Å². The Morgan fingerprint density at radius 3 is 2.15 bits per heavy atom. The largest absolute Gasteiger partial charge is 0.378 e. The zero-order valence-electron chi connectivity index (χ0n) is 15.4. The summed E-state index contributed by atoms with van der Waals surface area (Å²) in [5.41, 5.74) is 6.63. The van der Waals surface area contributed by atoms with Gasteiger partial charge < -0.3 is 4.90 Å². The predicted octanol–water partition coefficient (Wildman–Crippen LogP) is 4.94. The maximum Gasteiger partial charge on any atom is 0.0965 e. The zero-order valence-corrected chi connectivity index (χ0v) is 15.4. The van der Waals surface area contributed by atoms with E-state index in [1.807, 2.05) is 62.8 Å². The topological polar surface area (TPSA) is 41.9 Å². The van der Waals surface area contributed by atoms with Crippen molar-refractivity contribution in [2.24, 2.45) is 0 Å². The van der Waals surface area contributed by atoms with Crippen molar-refractivity contribution < 1.29 is 0 Å². The van der Waals surface area contributed by atoms with Gasteiger partial charge in [-0.3, -0.25) is 9.97 Å². The molecule has 0 saturated heterocycles. The van der Waals surface area contributed by atoms with Crippen molar-refractivity contribution >= 4 is 5.69 Å². The minimum atomic E-state index is 0.835. The normalized spacial score (nSPS) is 10.6. The van der Waals surface area contributed by atoms with Crippen molar-refractivity contribution in [3.8, 4) is 33.9 Å². The number of pyridine rings is 3. The standard InChI is InChI=1S/C23H20N4/c1-27(2)18-15-21(20-12-6-7-13-24-20)26-22(16-18)23-19(11-8-14-25-23)17-9-4-3-5-10-17/h3-16H,1-2H3. The number of anilines is 1. The van der Waals surface area contributed by atoms with Crippen LogP contribution >= 0.6 is 0 Å². The molecule has 0 N–H and O–H groups in total. The van der Waals surface area contributed by atoms with E-state index in [0.717, 1.165) is 39.6 Å². The molecular formula is C23H20N4. The first-order valence-electron chi connectivity index (χ1n) is 8.84. The third kappa shape index (κ3) is 3.55. The molecule has 0 aliphatic carbocycles. The molecule has 0 aliphatic heterocycles. The summed E-state index contributed by atoms with van der Waals surface area (Å²) >= 11 is 0. The quantitative estimate of drug-likeness (QED) is 0.522. The third-order valence-corrected chi connectivity index (χ3v) is 4.39. The monoisotopic (exact) mass is 352 g/mol. The summed E-state index contributed by atoms with van der Waals surface area (Å²) in [7, 11) is 4.05. The van der Waals surface area contributed by atoms with Crippen LogP contribution < -0.4 is 4.90 Å². The molecule has 27 heavy (non-hydrogen) atoms. The summed E-state index contributed by atoms with van der Waals surface area (Å²) in [5.74, 6) is 0. The highest BCUT2D eigenvalue weighted by molar-refractivity contribution is 5.81. The lowest BCUT2D eigenvalue weighted by Crippen LogP contribution is -2.09. The van der Waals surface area contributed by atoms with Crippen molar-refractivity contribution in [3.63, 3.8) is 0 Å². The fourth-order valence-electron chi connectivity index (χ4n) is 3.00. The average molecular weight is 352 g/mol. The van der Waals surface area contributed by atoms with Gasteiger partial charge in [-0.25, -0.2) is 4.98 Å². The van der Waals surface area contributed by atoms with E-state index in [4.69, 9.17) is 4.98 Å². The van der Waals surface area contributed by atoms with E-state index in [2.05, 4.69) is 45.2 Å². The lowest BCUT2D eigenvalue weighted by atomic mass is 10.0. The SMILES string of the molecule is CN(C)c1cc(-c2ccccn2)nc(-c2ncccc2-c2ccccc2)c1. The highest BCUT2D eigenvalue weighted by atomic mass is 15.1. The van der Waals surface area contributed by atoms with E-state index in [1.54, 1.807) is 6.20 Å². The van der Waals surface area contributed by atoms with Crippen LogP contribution in [0.5, 0.6) is 0 Å². The average Bonchev–Trinajstić information content (AvgIpc) is 2.74. The van der Waals surface area contributed by atoms with Gasteiger partial charge in [0.25, 0.3) is 0 Å². The molecule has 4 nitrogen and oxygen atoms in total. The molecule has 0 aliphatic rings. The summed E-state index contributed by atoms with van der Waals surface area (Å²) in [5, 5.41) is 0. The first-order valence-corrected chi connectivity index (χ1v) is 8.84. The molecule has 0 bridgehead atoms. The van der Waals surface area contributed by atoms with E-state index in [9.17, 15) is 0 Å². The summed E-state index contributed by atoms with van der Waals surface area (Å²) in [6.07, 6.45) is 3.60. The molecule has 4 heteroatoms. The number of benzene rings is 1. The minimum absolute atomic E-state index is 0.835. The molecule has 1 aromatic carbocycles. The molecule has 4 rings (SSSR count). The first-order chi connectivity index (χ1) is 13.2. The van der Waals surface area contributed by atoms with Gasteiger partial charge in [0.2, 0.25) is 0 Å². The molecule has 0 spiro atoms. The van der Waals surface area contributed by atoms with Crippen LogP contribution in [0.1, 0.15) is 0 Å². The number of hydrogen-bond acceptors (Lipinski definition) is 4. The van der Waals surface area contributed by atoms with Gasteiger partial charge in [-0.15, -0.1) is 0 Å². The number of nitrogens with zero attached hydrogens (tertiary/aromatic N) is 4. The molecule has 0 fully saturated rings. The van der Waals surface area contributed by atoms with Gasteiger partial charge in [-0.1, -0.05) is 42.5 Å². The minimum Gasteiger partial charge on any atom is -0.378 e. The highest BCUT2D eigenvalue weighted by Crippen LogP contribution is 2.32. The van der Waals surface area contributed by atoms with Crippen LogP contribution in [0.15, 0.2) is 85.2 Å². The third-order valence-electron chi connectivity index (χ3n) is 4.39. The Morgan fingerprint density at radius 2 is 1.41 bits per heavy atom. The van der Waals surface area contributed by atoms with Crippen LogP contribution in [-0.4, -0.2) is 29.0 Å². The van der Waals surface area contributed by atoms with E-state index in [0.29, 0.717) is 0 Å². The van der Waals surface area contributed by atoms with Crippen LogP contribution in [0.3, 0.4) is 0 Å². The highest BCUT2D eigenvalue weighted by Gasteiger charge is 2.14. The van der Waals surface area contributed by atoms with Crippen molar-refractivity contribution in [1.82, 2.24) is 15.0 Å². The molecule has 0 amide bonds. The Morgan fingerprint density at radius 1 is 0.667 bits per heavy atom. The summed E-state index contributed by atoms with van der Waals surface area (Å²) < 4.78 is 0. The first kappa shape index (κ1) is 16.9. The molecule has 3 heterocycles. The number of hydrogen-bond donors (Lipinski definition) is 0. The van der Waals surface area contributed by atoms with E-state index >= 15 is 0 Å². The maximum atomic E-state index is 4.89. The molecule has 0 saturated carbocycles. The Kier molecular flexibility index (Phi) is 4.62. The summed E-state index contributed by atoms with van der Waals surface area (Å²) in [6.45, 7) is 0. The Labute approximate surface area is 159 Å².